The summed E-state index contributed by atoms with van der Waals surface area (Å²) in [7, 11) is 0. The average molecular weight is 329 g/mol. The van der Waals surface area contributed by atoms with Crippen molar-refractivity contribution in [2.24, 2.45) is 39.9 Å². The number of aliphatic hydroxyl groups excluding tert-OH is 3. The normalized spacial score (nSPS) is 76.1. The Bertz CT molecular complexity index is 709. The lowest BCUT2D eigenvalue weighted by molar-refractivity contribution is -0.214. The number of hydrogen-bond acceptors (Lipinski definition) is 4. The Morgan fingerprint density at radius 2 is 1.92 bits per heavy atom. The first kappa shape index (κ1) is 13.7. The van der Waals surface area contributed by atoms with Crippen LogP contribution in [0.15, 0.2) is 12.2 Å². The summed E-state index contributed by atoms with van der Waals surface area (Å²) in [4.78, 5) is 2.47. The molecular weight excluding hydrogens is 302 g/mol. The standard InChI is InChI=1S/C20H27NO3/c1-8-9-6-10-15-19-5-3-4-18(2)13(19)11(21(15)17(18)24)7-20(10,16(8)23)14(19)12(9)22/h9-17,22-24H,1,3-7H2,2H3/t9-,10-,11+,12+,13-,14+,15-,16-,17+,18+,19+,20-/m1/s1. The zero-order chi connectivity index (χ0) is 16.4. The quantitative estimate of drug-likeness (QED) is 0.583. The minimum atomic E-state index is -0.439. The molecule has 9 bridgehead atoms. The topological polar surface area (TPSA) is 63.9 Å². The van der Waals surface area contributed by atoms with Crippen molar-refractivity contribution in [1.82, 2.24) is 4.90 Å². The molecule has 4 heteroatoms. The Balaban J connectivity index is 1.55. The second kappa shape index (κ2) is 3.40. The van der Waals surface area contributed by atoms with Crippen LogP contribution in [0.3, 0.4) is 0 Å². The zero-order valence-electron chi connectivity index (χ0n) is 14.2. The van der Waals surface area contributed by atoms with Gasteiger partial charge in [-0.2, -0.15) is 0 Å². The molecule has 0 radical (unpaired) electrons. The lowest BCUT2D eigenvalue weighted by atomic mass is 9.39. The summed E-state index contributed by atoms with van der Waals surface area (Å²) < 4.78 is 0. The van der Waals surface area contributed by atoms with E-state index < -0.39 is 6.10 Å². The molecule has 0 aromatic carbocycles. The summed E-state index contributed by atoms with van der Waals surface area (Å²) in [5.74, 6) is 1.24. The molecule has 9 fully saturated rings. The van der Waals surface area contributed by atoms with Gasteiger partial charge in [-0.1, -0.05) is 19.9 Å². The van der Waals surface area contributed by atoms with Gasteiger partial charge >= 0.3 is 0 Å². The highest BCUT2D eigenvalue weighted by molar-refractivity contribution is 5.44. The van der Waals surface area contributed by atoms with E-state index in [1.165, 1.54) is 6.42 Å². The van der Waals surface area contributed by atoms with Crippen molar-refractivity contribution < 1.29 is 15.3 Å². The van der Waals surface area contributed by atoms with E-state index in [1.807, 2.05) is 0 Å². The third kappa shape index (κ3) is 0.903. The van der Waals surface area contributed by atoms with Gasteiger partial charge in [0.25, 0.3) is 0 Å². The maximum atomic E-state index is 11.3. The molecule has 13 atom stereocenters. The van der Waals surface area contributed by atoms with E-state index in [2.05, 4.69) is 18.4 Å². The summed E-state index contributed by atoms with van der Waals surface area (Å²) in [5.41, 5.74) is 0.861. The number of fused-ring (bicyclic) bond motifs is 1. The molecule has 3 saturated heterocycles. The van der Waals surface area contributed by atoms with Crippen LogP contribution in [-0.4, -0.2) is 50.7 Å². The molecule has 6 saturated carbocycles. The summed E-state index contributed by atoms with van der Waals surface area (Å²) in [6.45, 7) is 6.49. The molecule has 130 valence electrons. The van der Waals surface area contributed by atoms with Crippen LogP contribution in [0, 0.1) is 39.9 Å². The van der Waals surface area contributed by atoms with Gasteiger partial charge in [0.2, 0.25) is 0 Å². The highest BCUT2D eigenvalue weighted by Crippen LogP contribution is 2.87. The molecule has 6 aliphatic carbocycles. The van der Waals surface area contributed by atoms with Crippen LogP contribution in [0.2, 0.25) is 0 Å². The van der Waals surface area contributed by atoms with Crippen LogP contribution in [0.1, 0.15) is 39.0 Å². The molecule has 3 heterocycles. The molecule has 1 unspecified atom stereocenters. The lowest BCUT2D eigenvalue weighted by Gasteiger charge is -2.66. The first-order chi connectivity index (χ1) is 11.4. The first-order valence-electron chi connectivity index (χ1n) is 9.91. The molecule has 9 aliphatic rings. The van der Waals surface area contributed by atoms with Crippen LogP contribution >= 0.6 is 0 Å². The van der Waals surface area contributed by atoms with Crippen LogP contribution in [0.25, 0.3) is 0 Å². The minimum absolute atomic E-state index is 0.0145. The molecule has 9 rings (SSSR count). The summed E-state index contributed by atoms with van der Waals surface area (Å²) in [5, 5.41) is 33.8. The maximum absolute atomic E-state index is 11.3. The third-order valence-corrected chi connectivity index (χ3v) is 10.5. The van der Waals surface area contributed by atoms with Gasteiger partial charge in [0, 0.05) is 34.7 Å². The van der Waals surface area contributed by atoms with Crippen molar-refractivity contribution in [3.05, 3.63) is 12.2 Å². The Hall–Kier alpha value is -0.420. The van der Waals surface area contributed by atoms with Gasteiger partial charge in [0.15, 0.2) is 0 Å². The third-order valence-electron chi connectivity index (χ3n) is 10.5. The Labute approximate surface area is 142 Å². The number of aliphatic hydroxyl groups is 3. The molecule has 0 aromatic heterocycles. The first-order valence-corrected chi connectivity index (χ1v) is 9.91. The second-order valence-electron chi connectivity index (χ2n) is 10.5. The predicted octanol–water partition coefficient (Wildman–Crippen LogP) is 1.11. The maximum Gasteiger partial charge on any atom is 0.113 e. The largest absolute Gasteiger partial charge is 0.392 e. The van der Waals surface area contributed by atoms with Crippen molar-refractivity contribution in [3.63, 3.8) is 0 Å². The van der Waals surface area contributed by atoms with Gasteiger partial charge in [0.1, 0.15) is 6.23 Å². The van der Waals surface area contributed by atoms with Crippen LogP contribution in [0.5, 0.6) is 0 Å². The molecule has 2 spiro atoms. The van der Waals surface area contributed by atoms with Crippen molar-refractivity contribution in [3.8, 4) is 0 Å². The molecule has 4 nitrogen and oxygen atoms in total. The monoisotopic (exact) mass is 329 g/mol. The van der Waals surface area contributed by atoms with Gasteiger partial charge in [0.05, 0.1) is 12.2 Å². The molecule has 0 aromatic rings. The van der Waals surface area contributed by atoms with Gasteiger partial charge in [-0.05, 0) is 48.5 Å². The van der Waals surface area contributed by atoms with E-state index in [0.29, 0.717) is 23.9 Å². The van der Waals surface area contributed by atoms with E-state index in [1.54, 1.807) is 0 Å². The van der Waals surface area contributed by atoms with E-state index in [-0.39, 0.29) is 40.4 Å². The Kier molecular flexibility index (Phi) is 1.95. The zero-order valence-corrected chi connectivity index (χ0v) is 14.2. The van der Waals surface area contributed by atoms with Gasteiger partial charge in [-0.3, -0.25) is 4.90 Å². The number of rotatable bonds is 0. The van der Waals surface area contributed by atoms with Crippen molar-refractivity contribution in [2.75, 3.05) is 0 Å². The van der Waals surface area contributed by atoms with Gasteiger partial charge < -0.3 is 15.3 Å². The molecular formula is C20H27NO3. The number of nitrogens with zero attached hydrogens (tertiary/aromatic N) is 1. The van der Waals surface area contributed by atoms with Crippen LogP contribution < -0.4 is 0 Å². The summed E-state index contributed by atoms with van der Waals surface area (Å²) >= 11 is 0. The number of hydrogen-bond donors (Lipinski definition) is 3. The van der Waals surface area contributed by atoms with Crippen LogP contribution in [0.4, 0.5) is 0 Å². The Morgan fingerprint density at radius 1 is 1.12 bits per heavy atom. The SMILES string of the molecule is C=C1[C@H]2C[C@@H]3[C@H]4N5[C@@H](O)[C@@]6(C)CCC[C@]47[C@H]([C@H]2O)[C@]3(C[C@H]5[C@H]67)[C@@H]1O. The van der Waals surface area contributed by atoms with Gasteiger partial charge in [-0.25, -0.2) is 0 Å². The predicted molar refractivity (Wildman–Crippen MR) is 86.6 cm³/mol. The summed E-state index contributed by atoms with van der Waals surface area (Å²) in [6, 6.07) is 0.795. The number of piperidine rings is 2. The Morgan fingerprint density at radius 3 is 2.71 bits per heavy atom. The van der Waals surface area contributed by atoms with E-state index in [4.69, 9.17) is 0 Å². The average Bonchev–Trinajstić information content (AvgIpc) is 2.94. The molecule has 0 amide bonds. The summed E-state index contributed by atoms with van der Waals surface area (Å²) in [6.07, 6.45) is 4.30. The highest BCUT2D eigenvalue weighted by atomic mass is 16.3. The van der Waals surface area contributed by atoms with Crippen molar-refractivity contribution in [1.29, 1.82) is 0 Å². The van der Waals surface area contributed by atoms with Crippen LogP contribution in [-0.2, 0) is 0 Å². The second-order valence-corrected chi connectivity index (χ2v) is 10.5. The van der Waals surface area contributed by atoms with E-state index in [0.717, 1.165) is 31.3 Å². The fourth-order valence-electron chi connectivity index (χ4n) is 10.5. The fraction of sp³-hybridized carbons (Fsp3) is 0.900. The van der Waals surface area contributed by atoms with Crippen molar-refractivity contribution >= 4 is 0 Å². The molecule has 3 N–H and O–H groups in total. The lowest BCUT2D eigenvalue weighted by Crippen LogP contribution is -2.68. The molecule has 3 aliphatic heterocycles. The smallest absolute Gasteiger partial charge is 0.113 e. The van der Waals surface area contributed by atoms with E-state index >= 15 is 0 Å². The minimum Gasteiger partial charge on any atom is -0.392 e. The highest BCUT2D eigenvalue weighted by Gasteiger charge is 2.91. The molecule has 24 heavy (non-hydrogen) atoms. The van der Waals surface area contributed by atoms with E-state index in [9.17, 15) is 15.3 Å². The van der Waals surface area contributed by atoms with Crippen molar-refractivity contribution in [2.45, 2.75) is 69.5 Å². The van der Waals surface area contributed by atoms with Gasteiger partial charge in [-0.15, -0.1) is 0 Å². The fourth-order valence-corrected chi connectivity index (χ4v) is 10.5.